The maximum atomic E-state index is 12.7. The maximum absolute atomic E-state index is 12.7. The topological polar surface area (TPSA) is 189 Å². The summed E-state index contributed by atoms with van der Waals surface area (Å²) in [4.78, 5) is 46.9. The average Bonchev–Trinajstić information content (AvgIpc) is 3.68. The van der Waals surface area contributed by atoms with Gasteiger partial charge < -0.3 is 18.9 Å². The largest absolute Gasteiger partial charge is 0.472 e. The van der Waals surface area contributed by atoms with Crippen LogP contribution in [0.2, 0.25) is 0 Å². The Balaban J connectivity index is 1.25. The molecule has 0 radical (unpaired) electrons. The van der Waals surface area contributed by atoms with Crippen LogP contribution in [-0.2, 0) is 38.6 Å². The van der Waals surface area contributed by atoms with Gasteiger partial charge >= 0.3 is 21.3 Å². The molecule has 214 valence electrons. The molecule has 5 unspecified atom stereocenters. The lowest BCUT2D eigenvalue weighted by atomic mass is 9.95. The fraction of sp³-hybridized carbons (Fsp3) is 0.565. The van der Waals surface area contributed by atoms with Gasteiger partial charge in [-0.1, -0.05) is 12.2 Å². The third-order valence-corrected chi connectivity index (χ3v) is 9.07. The molecular weight excluding hydrogens is 558 g/mol. The second-order valence-corrected chi connectivity index (χ2v) is 12.8. The summed E-state index contributed by atoms with van der Waals surface area (Å²) in [5.41, 5.74) is -1.11. The number of hydrogen-bond donors (Lipinski definition) is 3. The maximum Gasteiger partial charge on any atom is 0.472 e. The van der Waals surface area contributed by atoms with Crippen molar-refractivity contribution in [2.75, 3.05) is 13.2 Å². The summed E-state index contributed by atoms with van der Waals surface area (Å²) in [6.45, 7) is 0.635. The van der Waals surface area contributed by atoms with E-state index in [0.717, 1.165) is 17.4 Å². The molecule has 2 aromatic rings. The number of nitrogens with one attached hydrogen (secondary N) is 1. The molecule has 2 bridgehead atoms. The summed E-state index contributed by atoms with van der Waals surface area (Å²) < 4.78 is 58.0. The monoisotopic (exact) mass is 588 g/mol. The molecule has 1 saturated carbocycles. The van der Waals surface area contributed by atoms with E-state index in [1.165, 1.54) is 19.4 Å². The van der Waals surface area contributed by atoms with Crippen molar-refractivity contribution >= 4 is 15.6 Å². The molecule has 39 heavy (non-hydrogen) atoms. The lowest BCUT2D eigenvalue weighted by Gasteiger charge is -2.23. The number of phosphoric ester groups is 2. The van der Waals surface area contributed by atoms with Crippen molar-refractivity contribution in [2.45, 2.75) is 51.2 Å². The van der Waals surface area contributed by atoms with Gasteiger partial charge in [0.2, 0.25) is 0 Å². The summed E-state index contributed by atoms with van der Waals surface area (Å²) in [6, 6.07) is 3.12. The number of aromatic amines is 1. The molecule has 1 aliphatic heterocycles. The van der Waals surface area contributed by atoms with Crippen molar-refractivity contribution in [1.82, 2.24) is 9.55 Å². The summed E-state index contributed by atoms with van der Waals surface area (Å²) in [7, 11) is -9.18. The number of furan rings is 1. The van der Waals surface area contributed by atoms with E-state index in [0.29, 0.717) is 11.8 Å². The van der Waals surface area contributed by atoms with E-state index in [-0.39, 0.29) is 36.9 Å². The van der Waals surface area contributed by atoms with E-state index in [9.17, 15) is 28.5 Å². The van der Waals surface area contributed by atoms with Gasteiger partial charge in [-0.2, -0.15) is 0 Å². The number of allylic oxidation sites excluding steroid dienone is 2. The van der Waals surface area contributed by atoms with Crippen molar-refractivity contribution in [1.29, 1.82) is 0 Å². The SMILES string of the molecule is Cc1cn([C@H]2C[C@@H](OP(=O)(O)OCc3ccco3)[C@@H](COP(=O)(O)OCC3CC4C=CC3C4)O2)c(=O)[nH]c1=O. The van der Waals surface area contributed by atoms with Crippen molar-refractivity contribution < 1.29 is 46.2 Å². The Kier molecular flexibility index (Phi) is 8.30. The Hall–Kier alpha value is -2.12. The van der Waals surface area contributed by atoms with Crippen LogP contribution in [0.5, 0.6) is 0 Å². The summed E-state index contributed by atoms with van der Waals surface area (Å²) >= 11 is 0. The fourth-order valence-electron chi connectivity index (χ4n) is 5.15. The smallest absolute Gasteiger partial charge is 0.467 e. The first-order valence-corrected chi connectivity index (χ1v) is 15.4. The van der Waals surface area contributed by atoms with E-state index >= 15 is 0 Å². The lowest BCUT2D eigenvalue weighted by Crippen LogP contribution is -2.33. The predicted molar refractivity (Wildman–Crippen MR) is 133 cm³/mol. The highest BCUT2D eigenvalue weighted by Gasteiger charge is 2.44. The van der Waals surface area contributed by atoms with Crippen LogP contribution >= 0.6 is 15.6 Å². The van der Waals surface area contributed by atoms with Crippen LogP contribution in [0.4, 0.5) is 0 Å². The van der Waals surface area contributed by atoms with Gasteiger partial charge in [0.25, 0.3) is 5.56 Å². The number of H-pyrrole nitrogens is 1. The molecule has 2 fully saturated rings. The number of hydrogen-bond acceptors (Lipinski definition) is 10. The highest BCUT2D eigenvalue weighted by atomic mass is 31.2. The molecule has 3 aliphatic rings. The van der Waals surface area contributed by atoms with Gasteiger partial charge in [-0.05, 0) is 49.7 Å². The van der Waals surface area contributed by atoms with Gasteiger partial charge in [0.1, 0.15) is 30.8 Å². The minimum Gasteiger partial charge on any atom is -0.467 e. The summed E-state index contributed by atoms with van der Waals surface area (Å²) in [6.07, 6.45) is 5.24. The molecule has 2 aliphatic carbocycles. The number of aryl methyl sites for hydroxylation is 1. The molecule has 2 aromatic heterocycles. The molecule has 3 N–H and O–H groups in total. The average molecular weight is 588 g/mol. The summed E-state index contributed by atoms with van der Waals surface area (Å²) in [5.74, 6) is 1.18. The van der Waals surface area contributed by atoms with Crippen molar-refractivity contribution in [2.24, 2.45) is 17.8 Å². The van der Waals surface area contributed by atoms with E-state index in [2.05, 4.69) is 17.1 Å². The lowest BCUT2D eigenvalue weighted by molar-refractivity contribution is -0.0477. The first-order valence-electron chi connectivity index (χ1n) is 12.4. The number of rotatable bonds is 12. The van der Waals surface area contributed by atoms with Crippen LogP contribution in [0.3, 0.4) is 0 Å². The number of fused-ring (bicyclic) bond motifs is 2. The molecule has 14 nitrogen and oxygen atoms in total. The molecule has 5 rings (SSSR count). The minimum absolute atomic E-state index is 0.0475. The second kappa shape index (κ2) is 11.4. The van der Waals surface area contributed by atoms with Crippen LogP contribution in [0.1, 0.15) is 36.8 Å². The second-order valence-electron chi connectivity index (χ2n) is 9.91. The molecule has 8 atom stereocenters. The van der Waals surface area contributed by atoms with E-state index in [4.69, 9.17) is 27.2 Å². The quantitative estimate of drug-likeness (QED) is 0.243. The Labute approximate surface area is 222 Å². The number of ether oxygens (including phenoxy) is 1. The Morgan fingerprint density at radius 1 is 1.08 bits per heavy atom. The Morgan fingerprint density at radius 3 is 2.56 bits per heavy atom. The molecule has 16 heteroatoms. The van der Waals surface area contributed by atoms with Gasteiger partial charge in [-0.15, -0.1) is 0 Å². The third-order valence-electron chi connectivity index (χ3n) is 7.13. The zero-order valence-corrected chi connectivity index (χ0v) is 22.8. The highest BCUT2D eigenvalue weighted by molar-refractivity contribution is 7.47. The standard InChI is InChI=1S/C23H30N2O12P2/c1-14-10-25(23(27)24-22(14)26)21-9-19(37-39(30,31)34-12-18-3-2-6-32-18)20(36-21)13-35-38(28,29)33-11-17-8-15-4-5-16(17)7-15/h2-6,10,15-17,19-21H,7-9,11-13H2,1H3,(H,28,29)(H,30,31)(H,24,26,27)/t15?,16?,17?,19-,20-,21-/m1/s1. The molecule has 0 amide bonds. The molecule has 3 heterocycles. The third kappa shape index (κ3) is 6.97. The first kappa shape index (κ1) is 28.4. The number of nitrogens with zero attached hydrogens (tertiary/aromatic N) is 1. The highest BCUT2D eigenvalue weighted by Crippen LogP contribution is 2.51. The molecule has 1 saturated heterocycles. The van der Waals surface area contributed by atoms with Crippen LogP contribution < -0.4 is 11.2 Å². The van der Waals surface area contributed by atoms with Crippen LogP contribution in [0, 0.1) is 24.7 Å². The summed E-state index contributed by atoms with van der Waals surface area (Å²) in [5, 5.41) is 0. The fourth-order valence-corrected chi connectivity index (χ4v) is 6.86. The molecule has 0 spiro atoms. The normalized spacial score (nSPS) is 30.9. The molecule has 0 aromatic carbocycles. The number of phosphoric acid groups is 2. The van der Waals surface area contributed by atoms with Gasteiger partial charge in [-0.3, -0.25) is 32.4 Å². The van der Waals surface area contributed by atoms with Crippen molar-refractivity contribution in [3.05, 3.63) is 68.9 Å². The zero-order chi connectivity index (χ0) is 27.8. The van der Waals surface area contributed by atoms with Crippen LogP contribution in [0.15, 0.2) is 50.8 Å². The van der Waals surface area contributed by atoms with Crippen LogP contribution in [-0.4, -0.2) is 44.8 Å². The number of aromatic nitrogens is 2. The van der Waals surface area contributed by atoms with E-state index in [1.54, 1.807) is 12.1 Å². The van der Waals surface area contributed by atoms with Crippen molar-refractivity contribution in [3.63, 3.8) is 0 Å². The zero-order valence-electron chi connectivity index (χ0n) is 21.0. The van der Waals surface area contributed by atoms with E-state index in [1.807, 2.05) is 0 Å². The van der Waals surface area contributed by atoms with Gasteiger partial charge in [0, 0.05) is 18.2 Å². The molecular formula is C23H30N2O12P2. The first-order chi connectivity index (χ1) is 18.5. The van der Waals surface area contributed by atoms with Crippen molar-refractivity contribution in [3.8, 4) is 0 Å². The van der Waals surface area contributed by atoms with Gasteiger partial charge in [-0.25, -0.2) is 13.9 Å². The Bertz CT molecular complexity index is 1400. The minimum atomic E-state index is -4.68. The van der Waals surface area contributed by atoms with Crippen LogP contribution in [0.25, 0.3) is 0 Å². The van der Waals surface area contributed by atoms with E-state index < -0.39 is 51.9 Å². The van der Waals surface area contributed by atoms with Gasteiger partial charge in [0.05, 0.1) is 19.5 Å². The Morgan fingerprint density at radius 2 is 1.87 bits per heavy atom. The predicted octanol–water partition coefficient (Wildman–Crippen LogP) is 2.77. The van der Waals surface area contributed by atoms with Gasteiger partial charge in [0.15, 0.2) is 0 Å².